The molecular formula is C22H24N2O4. The van der Waals surface area contributed by atoms with Crippen LogP contribution in [0.4, 0.5) is 0 Å². The summed E-state index contributed by atoms with van der Waals surface area (Å²) >= 11 is 0. The molecule has 1 aromatic carbocycles. The van der Waals surface area contributed by atoms with Crippen molar-refractivity contribution in [3.8, 4) is 0 Å². The van der Waals surface area contributed by atoms with E-state index in [1.165, 1.54) is 10.9 Å². The summed E-state index contributed by atoms with van der Waals surface area (Å²) < 4.78 is 5.47. The number of aliphatic hydroxyl groups excluding tert-OH is 1. The van der Waals surface area contributed by atoms with Gasteiger partial charge in [-0.1, -0.05) is 18.2 Å². The molecule has 1 aliphatic heterocycles. The van der Waals surface area contributed by atoms with Crippen LogP contribution in [-0.4, -0.2) is 40.1 Å². The molecule has 6 heteroatoms. The van der Waals surface area contributed by atoms with Gasteiger partial charge in [0.1, 0.15) is 11.3 Å². The summed E-state index contributed by atoms with van der Waals surface area (Å²) in [4.78, 5) is 30.1. The van der Waals surface area contributed by atoms with Crippen molar-refractivity contribution in [2.45, 2.75) is 38.7 Å². The first-order chi connectivity index (χ1) is 13.5. The summed E-state index contributed by atoms with van der Waals surface area (Å²) in [6.07, 6.45) is 4.02. The van der Waals surface area contributed by atoms with Crippen LogP contribution < -0.4 is 5.63 Å². The second kappa shape index (κ2) is 7.64. The molecular weight excluding hydrogens is 356 g/mol. The molecule has 3 aromatic rings. The van der Waals surface area contributed by atoms with Gasteiger partial charge in [-0.05, 0) is 49.4 Å². The van der Waals surface area contributed by atoms with Crippen LogP contribution in [0.5, 0.6) is 0 Å². The van der Waals surface area contributed by atoms with E-state index < -0.39 is 5.63 Å². The van der Waals surface area contributed by atoms with Crippen LogP contribution in [0.25, 0.3) is 10.9 Å². The highest BCUT2D eigenvalue weighted by molar-refractivity contribution is 5.95. The number of para-hydroxylation sites is 1. The summed E-state index contributed by atoms with van der Waals surface area (Å²) in [5, 5.41) is 10.8. The number of amides is 1. The van der Waals surface area contributed by atoms with Crippen LogP contribution in [0.2, 0.25) is 0 Å². The monoisotopic (exact) mass is 380 g/mol. The Morgan fingerprint density at radius 1 is 1.25 bits per heavy atom. The normalized spacial score (nSPS) is 15.3. The molecule has 0 atom stereocenters. The van der Waals surface area contributed by atoms with Gasteiger partial charge in [-0.2, -0.15) is 0 Å². The minimum absolute atomic E-state index is 0.104. The van der Waals surface area contributed by atoms with Gasteiger partial charge in [-0.3, -0.25) is 4.79 Å². The number of piperidine rings is 1. The number of H-pyrrole nitrogens is 1. The number of benzene rings is 1. The first kappa shape index (κ1) is 18.5. The molecule has 146 valence electrons. The van der Waals surface area contributed by atoms with Crippen LogP contribution >= 0.6 is 0 Å². The lowest BCUT2D eigenvalue weighted by Crippen LogP contribution is -2.42. The molecule has 0 spiro atoms. The molecule has 28 heavy (non-hydrogen) atoms. The number of likely N-dealkylation sites (tertiary alicyclic amines) is 1. The van der Waals surface area contributed by atoms with E-state index in [0.29, 0.717) is 43.7 Å². The SMILES string of the molecule is Cc1cc(CCc2c[nH]c3ccccc23)oc(=O)c1C(=O)N1CCC(O)CC1. The zero-order chi connectivity index (χ0) is 19.7. The fourth-order valence-corrected chi connectivity index (χ4v) is 3.88. The summed E-state index contributed by atoms with van der Waals surface area (Å²) in [6.45, 7) is 2.69. The Bertz CT molecular complexity index is 1060. The highest BCUT2D eigenvalue weighted by atomic mass is 16.4. The molecule has 4 rings (SSSR count). The van der Waals surface area contributed by atoms with Gasteiger partial charge in [0.2, 0.25) is 0 Å². The number of aromatic nitrogens is 1. The Morgan fingerprint density at radius 2 is 2.00 bits per heavy atom. The maximum atomic E-state index is 12.7. The minimum atomic E-state index is -0.579. The third-order valence-electron chi connectivity index (χ3n) is 5.48. The van der Waals surface area contributed by atoms with Gasteiger partial charge < -0.3 is 19.4 Å². The van der Waals surface area contributed by atoms with Crippen LogP contribution in [-0.2, 0) is 12.8 Å². The highest BCUT2D eigenvalue weighted by Crippen LogP contribution is 2.20. The summed E-state index contributed by atoms with van der Waals surface area (Å²) in [7, 11) is 0. The quantitative estimate of drug-likeness (QED) is 0.729. The van der Waals surface area contributed by atoms with Crippen molar-refractivity contribution in [3.05, 3.63) is 69.4 Å². The number of fused-ring (bicyclic) bond motifs is 1. The van der Waals surface area contributed by atoms with Gasteiger partial charge in [0.25, 0.3) is 5.91 Å². The summed E-state index contributed by atoms with van der Waals surface area (Å²) in [5.74, 6) is 0.278. The average molecular weight is 380 g/mol. The van der Waals surface area contributed by atoms with E-state index in [1.807, 2.05) is 24.4 Å². The van der Waals surface area contributed by atoms with Crippen LogP contribution in [0.3, 0.4) is 0 Å². The van der Waals surface area contributed by atoms with Crippen molar-refractivity contribution >= 4 is 16.8 Å². The Kier molecular flexibility index (Phi) is 5.05. The number of carbonyl (C=O) groups excluding carboxylic acids is 1. The van der Waals surface area contributed by atoms with E-state index in [2.05, 4.69) is 11.1 Å². The molecule has 2 N–H and O–H groups in total. The Hall–Kier alpha value is -2.86. The molecule has 0 radical (unpaired) electrons. The largest absolute Gasteiger partial charge is 0.427 e. The fraction of sp³-hybridized carbons (Fsp3) is 0.364. The summed E-state index contributed by atoms with van der Waals surface area (Å²) in [6, 6.07) is 9.89. The van der Waals surface area contributed by atoms with Gasteiger partial charge in [-0.25, -0.2) is 4.79 Å². The molecule has 1 saturated heterocycles. The predicted molar refractivity (Wildman–Crippen MR) is 107 cm³/mol. The van der Waals surface area contributed by atoms with Crippen molar-refractivity contribution in [1.82, 2.24) is 9.88 Å². The maximum Gasteiger partial charge on any atom is 0.349 e. The molecule has 0 bridgehead atoms. The lowest BCUT2D eigenvalue weighted by Gasteiger charge is -2.29. The van der Waals surface area contributed by atoms with E-state index in [1.54, 1.807) is 17.9 Å². The standard InChI is InChI=1S/C22H24N2O4/c1-14-12-17(7-6-15-13-23-19-5-3-2-4-18(15)19)28-22(27)20(14)21(26)24-10-8-16(25)9-11-24/h2-5,12-13,16,23,25H,6-11H2,1H3. The number of hydrogen-bond donors (Lipinski definition) is 2. The predicted octanol–water partition coefficient (Wildman–Crippen LogP) is 2.81. The highest BCUT2D eigenvalue weighted by Gasteiger charge is 2.26. The number of carbonyl (C=O) groups is 1. The van der Waals surface area contributed by atoms with E-state index in [9.17, 15) is 14.7 Å². The zero-order valence-electron chi connectivity index (χ0n) is 15.9. The molecule has 6 nitrogen and oxygen atoms in total. The smallest absolute Gasteiger partial charge is 0.349 e. The van der Waals surface area contributed by atoms with Gasteiger partial charge in [-0.15, -0.1) is 0 Å². The Morgan fingerprint density at radius 3 is 2.75 bits per heavy atom. The minimum Gasteiger partial charge on any atom is -0.427 e. The molecule has 3 heterocycles. The van der Waals surface area contributed by atoms with Crippen molar-refractivity contribution in [1.29, 1.82) is 0 Å². The summed E-state index contributed by atoms with van der Waals surface area (Å²) in [5.41, 5.74) is 2.42. The molecule has 0 unspecified atom stereocenters. The number of nitrogens with one attached hydrogen (secondary N) is 1. The number of nitrogens with zero attached hydrogens (tertiary/aromatic N) is 1. The number of rotatable bonds is 4. The molecule has 1 fully saturated rings. The van der Waals surface area contributed by atoms with Gasteiger partial charge in [0.15, 0.2) is 0 Å². The molecule has 0 aliphatic carbocycles. The number of aromatic amines is 1. The Balaban J connectivity index is 1.51. The third kappa shape index (κ3) is 3.60. The maximum absolute atomic E-state index is 12.7. The lowest BCUT2D eigenvalue weighted by molar-refractivity contribution is 0.0542. The van der Waals surface area contributed by atoms with E-state index in [4.69, 9.17) is 4.42 Å². The Labute approximate surface area is 162 Å². The van der Waals surface area contributed by atoms with Crippen molar-refractivity contribution in [3.63, 3.8) is 0 Å². The third-order valence-corrected chi connectivity index (χ3v) is 5.48. The van der Waals surface area contributed by atoms with Crippen LogP contribution in [0.1, 0.15) is 40.1 Å². The molecule has 1 aliphatic rings. The number of hydrogen-bond acceptors (Lipinski definition) is 4. The second-order valence-corrected chi connectivity index (χ2v) is 7.44. The van der Waals surface area contributed by atoms with E-state index in [0.717, 1.165) is 11.9 Å². The van der Waals surface area contributed by atoms with E-state index >= 15 is 0 Å². The molecule has 2 aromatic heterocycles. The zero-order valence-corrected chi connectivity index (χ0v) is 15.9. The van der Waals surface area contributed by atoms with Gasteiger partial charge in [0.05, 0.1) is 6.10 Å². The van der Waals surface area contributed by atoms with Gasteiger partial charge in [0, 0.05) is 36.6 Å². The lowest BCUT2D eigenvalue weighted by atomic mass is 10.0. The van der Waals surface area contributed by atoms with Gasteiger partial charge >= 0.3 is 5.63 Å². The van der Waals surface area contributed by atoms with Crippen LogP contribution in [0, 0.1) is 6.92 Å². The first-order valence-corrected chi connectivity index (χ1v) is 9.69. The van der Waals surface area contributed by atoms with E-state index in [-0.39, 0.29) is 17.6 Å². The topological polar surface area (TPSA) is 86.5 Å². The number of aryl methyl sites for hydroxylation is 3. The molecule has 1 amide bonds. The first-order valence-electron chi connectivity index (χ1n) is 9.69. The molecule has 0 saturated carbocycles. The number of aliphatic hydroxyl groups is 1. The second-order valence-electron chi connectivity index (χ2n) is 7.44. The van der Waals surface area contributed by atoms with Crippen molar-refractivity contribution in [2.24, 2.45) is 0 Å². The van der Waals surface area contributed by atoms with Crippen molar-refractivity contribution in [2.75, 3.05) is 13.1 Å². The van der Waals surface area contributed by atoms with Crippen LogP contribution in [0.15, 0.2) is 45.7 Å². The average Bonchev–Trinajstić information content (AvgIpc) is 3.09. The van der Waals surface area contributed by atoms with Crippen molar-refractivity contribution < 1.29 is 14.3 Å². The fourth-order valence-electron chi connectivity index (χ4n) is 3.88.